The third kappa shape index (κ3) is 2.57. The van der Waals surface area contributed by atoms with Crippen LogP contribution in [0, 0.1) is 17.0 Å². The number of aryl methyl sites for hydroxylation is 1. The monoisotopic (exact) mass is 243 g/mol. The molecule has 0 spiro atoms. The Kier molecular flexibility index (Phi) is 3.14. The molecule has 2 aromatic carbocycles. The van der Waals surface area contributed by atoms with Gasteiger partial charge in [-0.1, -0.05) is 12.1 Å². The van der Waals surface area contributed by atoms with Gasteiger partial charge < -0.3 is 11.1 Å². The summed E-state index contributed by atoms with van der Waals surface area (Å²) in [4.78, 5) is 10.6. The summed E-state index contributed by atoms with van der Waals surface area (Å²) >= 11 is 0. The molecular weight excluding hydrogens is 230 g/mol. The number of nitro benzene ring substituents is 1. The van der Waals surface area contributed by atoms with Crippen molar-refractivity contribution in [3.05, 3.63) is 58.1 Å². The van der Waals surface area contributed by atoms with E-state index in [0.29, 0.717) is 11.4 Å². The van der Waals surface area contributed by atoms with Gasteiger partial charge in [-0.25, -0.2) is 0 Å². The van der Waals surface area contributed by atoms with Crippen LogP contribution < -0.4 is 11.1 Å². The number of anilines is 3. The number of nitro groups is 1. The molecule has 0 aliphatic carbocycles. The Morgan fingerprint density at radius 3 is 2.67 bits per heavy atom. The third-order valence-electron chi connectivity index (χ3n) is 2.52. The van der Waals surface area contributed by atoms with Crippen molar-refractivity contribution in [3.8, 4) is 0 Å². The normalized spacial score (nSPS) is 10.1. The van der Waals surface area contributed by atoms with Gasteiger partial charge in [-0.3, -0.25) is 10.1 Å². The summed E-state index contributed by atoms with van der Waals surface area (Å²) in [5, 5.41) is 14.0. The second kappa shape index (κ2) is 4.75. The molecule has 2 rings (SSSR count). The predicted octanol–water partition coefficient (Wildman–Crippen LogP) is 3.23. The Labute approximate surface area is 104 Å². The summed E-state index contributed by atoms with van der Waals surface area (Å²) in [5.74, 6) is 0. The van der Waals surface area contributed by atoms with E-state index in [9.17, 15) is 10.1 Å². The molecule has 0 saturated carbocycles. The van der Waals surface area contributed by atoms with Crippen molar-refractivity contribution < 1.29 is 4.92 Å². The largest absolute Gasteiger partial charge is 0.399 e. The number of nitrogens with one attached hydrogen (secondary N) is 1. The van der Waals surface area contributed by atoms with Crippen molar-refractivity contribution in [2.45, 2.75) is 6.92 Å². The van der Waals surface area contributed by atoms with Crippen molar-refractivity contribution in [2.75, 3.05) is 11.1 Å². The molecule has 3 N–H and O–H groups in total. The van der Waals surface area contributed by atoms with Crippen LogP contribution in [0.2, 0.25) is 0 Å². The van der Waals surface area contributed by atoms with E-state index in [1.165, 1.54) is 6.07 Å². The van der Waals surface area contributed by atoms with Gasteiger partial charge in [0.2, 0.25) is 0 Å². The zero-order chi connectivity index (χ0) is 13.1. The molecule has 0 saturated heterocycles. The summed E-state index contributed by atoms with van der Waals surface area (Å²) in [6, 6.07) is 12.1. The number of hydrogen-bond acceptors (Lipinski definition) is 4. The van der Waals surface area contributed by atoms with E-state index < -0.39 is 4.92 Å². The van der Waals surface area contributed by atoms with Gasteiger partial charge in [-0.2, -0.15) is 0 Å². The van der Waals surface area contributed by atoms with Gasteiger partial charge >= 0.3 is 0 Å². The zero-order valence-electron chi connectivity index (χ0n) is 9.88. The van der Waals surface area contributed by atoms with Crippen LogP contribution in [-0.4, -0.2) is 4.92 Å². The number of nitrogens with two attached hydrogens (primary N) is 1. The van der Waals surface area contributed by atoms with Gasteiger partial charge in [-0.15, -0.1) is 0 Å². The molecule has 2 aromatic rings. The summed E-state index contributed by atoms with van der Waals surface area (Å²) in [6.07, 6.45) is 0. The number of benzene rings is 2. The van der Waals surface area contributed by atoms with E-state index in [4.69, 9.17) is 5.73 Å². The van der Waals surface area contributed by atoms with Crippen LogP contribution in [0.4, 0.5) is 22.7 Å². The molecule has 0 radical (unpaired) electrons. The maximum atomic E-state index is 11.0. The third-order valence-corrected chi connectivity index (χ3v) is 2.52. The summed E-state index contributed by atoms with van der Waals surface area (Å²) in [5.41, 5.74) is 8.35. The van der Waals surface area contributed by atoms with Crippen molar-refractivity contribution in [1.29, 1.82) is 0 Å². The molecule has 0 aromatic heterocycles. The SMILES string of the molecule is Cc1ccc(Nc2cccc(N)c2)c([N+](=O)[O-])c1. The highest BCUT2D eigenvalue weighted by atomic mass is 16.6. The second-order valence-electron chi connectivity index (χ2n) is 4.03. The molecule has 0 fully saturated rings. The first-order chi connectivity index (χ1) is 8.56. The molecule has 18 heavy (non-hydrogen) atoms. The molecule has 0 heterocycles. The molecule has 0 unspecified atom stereocenters. The maximum Gasteiger partial charge on any atom is 0.292 e. The zero-order valence-corrected chi connectivity index (χ0v) is 9.88. The minimum absolute atomic E-state index is 0.0532. The topological polar surface area (TPSA) is 81.2 Å². The summed E-state index contributed by atoms with van der Waals surface area (Å²) in [6.45, 7) is 1.82. The van der Waals surface area contributed by atoms with E-state index in [-0.39, 0.29) is 5.69 Å². The summed E-state index contributed by atoms with van der Waals surface area (Å²) < 4.78 is 0. The average Bonchev–Trinajstić information content (AvgIpc) is 2.31. The van der Waals surface area contributed by atoms with Crippen LogP contribution in [0.5, 0.6) is 0 Å². The quantitative estimate of drug-likeness (QED) is 0.492. The van der Waals surface area contributed by atoms with Gasteiger partial charge in [0.25, 0.3) is 5.69 Å². The first kappa shape index (κ1) is 11.9. The summed E-state index contributed by atoms with van der Waals surface area (Å²) in [7, 11) is 0. The first-order valence-corrected chi connectivity index (χ1v) is 5.44. The molecule has 0 amide bonds. The number of rotatable bonds is 3. The fourth-order valence-corrected chi connectivity index (χ4v) is 1.67. The lowest BCUT2D eigenvalue weighted by Gasteiger charge is -2.08. The predicted molar refractivity (Wildman–Crippen MR) is 72.0 cm³/mol. The molecule has 0 aliphatic heterocycles. The Hall–Kier alpha value is -2.56. The second-order valence-corrected chi connectivity index (χ2v) is 4.03. The van der Waals surface area contributed by atoms with Crippen molar-refractivity contribution >= 4 is 22.7 Å². The molecular formula is C13H13N3O2. The van der Waals surface area contributed by atoms with E-state index in [1.54, 1.807) is 30.3 Å². The Morgan fingerprint density at radius 2 is 2.00 bits per heavy atom. The lowest BCUT2D eigenvalue weighted by atomic mass is 10.2. The maximum absolute atomic E-state index is 11.0. The number of nitrogens with zero attached hydrogens (tertiary/aromatic N) is 1. The molecule has 0 aliphatic rings. The van der Waals surface area contributed by atoms with E-state index in [0.717, 1.165) is 11.3 Å². The van der Waals surface area contributed by atoms with Crippen molar-refractivity contribution in [3.63, 3.8) is 0 Å². The van der Waals surface area contributed by atoms with E-state index in [2.05, 4.69) is 5.32 Å². The fraction of sp³-hybridized carbons (Fsp3) is 0.0769. The van der Waals surface area contributed by atoms with Crippen LogP contribution in [-0.2, 0) is 0 Å². The van der Waals surface area contributed by atoms with Crippen molar-refractivity contribution in [2.24, 2.45) is 0 Å². The highest BCUT2D eigenvalue weighted by Crippen LogP contribution is 2.28. The highest BCUT2D eigenvalue weighted by Gasteiger charge is 2.13. The average molecular weight is 243 g/mol. The minimum Gasteiger partial charge on any atom is -0.399 e. The van der Waals surface area contributed by atoms with E-state index >= 15 is 0 Å². The molecule has 0 bridgehead atoms. The van der Waals surface area contributed by atoms with Crippen LogP contribution in [0.15, 0.2) is 42.5 Å². The number of hydrogen-bond donors (Lipinski definition) is 2. The first-order valence-electron chi connectivity index (χ1n) is 5.44. The van der Waals surface area contributed by atoms with Crippen molar-refractivity contribution in [1.82, 2.24) is 0 Å². The standard InChI is InChI=1S/C13H13N3O2/c1-9-5-6-12(13(7-9)16(17)18)15-11-4-2-3-10(14)8-11/h2-8,15H,14H2,1H3. The van der Waals surface area contributed by atoms with Crippen LogP contribution in [0.25, 0.3) is 0 Å². The fourth-order valence-electron chi connectivity index (χ4n) is 1.67. The van der Waals surface area contributed by atoms with Gasteiger partial charge in [0.05, 0.1) is 4.92 Å². The van der Waals surface area contributed by atoms with Gasteiger partial charge in [0.15, 0.2) is 0 Å². The van der Waals surface area contributed by atoms with Crippen LogP contribution in [0.1, 0.15) is 5.56 Å². The molecule has 5 nitrogen and oxygen atoms in total. The Balaban J connectivity index is 2.37. The lowest BCUT2D eigenvalue weighted by molar-refractivity contribution is -0.384. The Morgan fingerprint density at radius 1 is 1.22 bits per heavy atom. The molecule has 5 heteroatoms. The smallest absolute Gasteiger partial charge is 0.292 e. The van der Waals surface area contributed by atoms with Gasteiger partial charge in [0, 0.05) is 17.4 Å². The van der Waals surface area contributed by atoms with Gasteiger partial charge in [-0.05, 0) is 36.8 Å². The molecule has 92 valence electrons. The minimum atomic E-state index is -0.401. The Bertz CT molecular complexity index is 597. The van der Waals surface area contributed by atoms with Crippen LogP contribution in [0.3, 0.4) is 0 Å². The molecule has 0 atom stereocenters. The van der Waals surface area contributed by atoms with E-state index in [1.807, 2.05) is 13.0 Å². The highest BCUT2D eigenvalue weighted by molar-refractivity contribution is 5.71. The van der Waals surface area contributed by atoms with Gasteiger partial charge in [0.1, 0.15) is 5.69 Å². The number of nitrogen functional groups attached to an aromatic ring is 1. The lowest BCUT2D eigenvalue weighted by Crippen LogP contribution is -1.98. The van der Waals surface area contributed by atoms with Crippen LogP contribution >= 0.6 is 0 Å².